The van der Waals surface area contributed by atoms with Gasteiger partial charge in [0, 0.05) is 5.92 Å². The molecule has 28 heavy (non-hydrogen) atoms. The quantitative estimate of drug-likeness (QED) is 0.764. The number of benzene rings is 1. The SMILES string of the molecule is CC(C)(C)n1nc(C2CC2)cc1C(=O)NCC(=O)Nc1ccc(F)c(F)c1F. The summed E-state index contributed by atoms with van der Waals surface area (Å²) in [5, 5.41) is 9.07. The van der Waals surface area contributed by atoms with Gasteiger partial charge in [0.25, 0.3) is 5.91 Å². The largest absolute Gasteiger partial charge is 0.342 e. The summed E-state index contributed by atoms with van der Waals surface area (Å²) >= 11 is 0. The number of hydrogen-bond acceptors (Lipinski definition) is 3. The van der Waals surface area contributed by atoms with Crippen LogP contribution in [0, 0.1) is 17.5 Å². The second-order valence-electron chi connectivity index (χ2n) is 7.77. The number of anilines is 1. The van der Waals surface area contributed by atoms with Crippen LogP contribution < -0.4 is 10.6 Å². The zero-order valence-corrected chi connectivity index (χ0v) is 15.8. The number of aromatic nitrogens is 2. The number of carbonyl (C=O) groups is 2. The molecule has 2 amide bonds. The fourth-order valence-electron chi connectivity index (χ4n) is 2.72. The minimum Gasteiger partial charge on any atom is -0.342 e. The summed E-state index contributed by atoms with van der Waals surface area (Å²) in [6.07, 6.45) is 2.06. The molecule has 1 aliphatic carbocycles. The number of nitrogens with one attached hydrogen (secondary N) is 2. The third-order valence-electron chi connectivity index (χ3n) is 4.31. The van der Waals surface area contributed by atoms with Crippen molar-refractivity contribution in [1.82, 2.24) is 15.1 Å². The van der Waals surface area contributed by atoms with Crippen LogP contribution in [0.2, 0.25) is 0 Å². The fourth-order valence-corrected chi connectivity index (χ4v) is 2.72. The van der Waals surface area contributed by atoms with Crippen molar-refractivity contribution in [1.29, 1.82) is 0 Å². The van der Waals surface area contributed by atoms with E-state index in [9.17, 15) is 22.8 Å². The Morgan fingerprint density at radius 1 is 1.18 bits per heavy atom. The second kappa shape index (κ2) is 7.29. The van der Waals surface area contributed by atoms with Gasteiger partial charge in [-0.05, 0) is 51.8 Å². The molecule has 0 spiro atoms. The van der Waals surface area contributed by atoms with Crippen LogP contribution in [-0.2, 0) is 10.3 Å². The van der Waals surface area contributed by atoms with Gasteiger partial charge in [-0.15, -0.1) is 0 Å². The van der Waals surface area contributed by atoms with Crippen LogP contribution in [0.1, 0.15) is 55.7 Å². The predicted molar refractivity (Wildman–Crippen MR) is 96.5 cm³/mol. The summed E-state index contributed by atoms with van der Waals surface area (Å²) in [6.45, 7) is 5.26. The van der Waals surface area contributed by atoms with Crippen molar-refractivity contribution in [3.05, 3.63) is 47.0 Å². The highest BCUT2D eigenvalue weighted by Gasteiger charge is 2.31. The van der Waals surface area contributed by atoms with Crippen molar-refractivity contribution in [3.8, 4) is 0 Å². The van der Waals surface area contributed by atoms with Crippen LogP contribution in [0.5, 0.6) is 0 Å². The lowest BCUT2D eigenvalue weighted by atomic mass is 10.1. The van der Waals surface area contributed by atoms with Crippen LogP contribution in [0.15, 0.2) is 18.2 Å². The van der Waals surface area contributed by atoms with E-state index in [1.807, 2.05) is 20.8 Å². The molecule has 0 unspecified atom stereocenters. The topological polar surface area (TPSA) is 76.0 Å². The van der Waals surface area contributed by atoms with E-state index >= 15 is 0 Å². The molecule has 150 valence electrons. The van der Waals surface area contributed by atoms with Gasteiger partial charge in [-0.2, -0.15) is 5.10 Å². The first-order valence-corrected chi connectivity index (χ1v) is 8.90. The van der Waals surface area contributed by atoms with Gasteiger partial charge in [0.15, 0.2) is 17.5 Å². The van der Waals surface area contributed by atoms with E-state index in [4.69, 9.17) is 0 Å². The van der Waals surface area contributed by atoms with E-state index in [0.717, 1.165) is 24.6 Å². The summed E-state index contributed by atoms with van der Waals surface area (Å²) in [5.74, 6) is -5.46. The van der Waals surface area contributed by atoms with E-state index in [-0.39, 0.29) is 0 Å². The van der Waals surface area contributed by atoms with Gasteiger partial charge in [0.05, 0.1) is 23.5 Å². The van der Waals surface area contributed by atoms with E-state index in [1.165, 1.54) is 0 Å². The maximum absolute atomic E-state index is 13.6. The van der Waals surface area contributed by atoms with Crippen LogP contribution in [-0.4, -0.2) is 28.1 Å². The highest BCUT2D eigenvalue weighted by Crippen LogP contribution is 2.40. The van der Waals surface area contributed by atoms with Gasteiger partial charge in [-0.25, -0.2) is 13.2 Å². The Kier molecular flexibility index (Phi) is 5.18. The van der Waals surface area contributed by atoms with Crippen LogP contribution >= 0.6 is 0 Å². The van der Waals surface area contributed by atoms with Crippen molar-refractivity contribution < 1.29 is 22.8 Å². The van der Waals surface area contributed by atoms with E-state index in [0.29, 0.717) is 17.7 Å². The van der Waals surface area contributed by atoms with Crippen LogP contribution in [0.4, 0.5) is 18.9 Å². The summed E-state index contributed by atoms with van der Waals surface area (Å²) in [4.78, 5) is 24.5. The molecule has 0 radical (unpaired) electrons. The number of carbonyl (C=O) groups excluding carboxylic acids is 2. The first-order chi connectivity index (χ1) is 13.1. The zero-order chi connectivity index (χ0) is 20.6. The van der Waals surface area contributed by atoms with Crippen LogP contribution in [0.3, 0.4) is 0 Å². The molecule has 2 aromatic rings. The molecule has 0 atom stereocenters. The molecule has 1 aromatic carbocycles. The lowest BCUT2D eigenvalue weighted by Crippen LogP contribution is -2.36. The standard InChI is InChI=1S/C19H21F3N4O2/c1-19(2,3)26-14(8-13(25-26)10-4-5-10)18(28)23-9-15(27)24-12-7-6-11(20)16(21)17(12)22/h6-8,10H,4-5,9H2,1-3H3,(H,23,28)(H,24,27). The molecule has 1 aromatic heterocycles. The van der Waals surface area contributed by atoms with Crippen molar-refractivity contribution in [2.24, 2.45) is 0 Å². The fraction of sp³-hybridized carbons (Fsp3) is 0.421. The Balaban J connectivity index is 1.67. The molecule has 1 fully saturated rings. The number of amides is 2. The Bertz CT molecular complexity index is 930. The molecule has 0 bridgehead atoms. The smallest absolute Gasteiger partial charge is 0.270 e. The monoisotopic (exact) mass is 394 g/mol. The second-order valence-corrected chi connectivity index (χ2v) is 7.77. The van der Waals surface area contributed by atoms with Gasteiger partial charge < -0.3 is 10.6 Å². The first kappa shape index (κ1) is 19.9. The minimum atomic E-state index is -1.68. The van der Waals surface area contributed by atoms with E-state index in [1.54, 1.807) is 10.7 Å². The normalized spacial score (nSPS) is 14.1. The Hall–Kier alpha value is -2.84. The Morgan fingerprint density at radius 2 is 1.86 bits per heavy atom. The molecular weight excluding hydrogens is 373 g/mol. The molecule has 1 heterocycles. The lowest BCUT2D eigenvalue weighted by Gasteiger charge is -2.22. The summed E-state index contributed by atoms with van der Waals surface area (Å²) in [5.41, 5.74) is 0.222. The van der Waals surface area contributed by atoms with Gasteiger partial charge in [-0.3, -0.25) is 14.3 Å². The lowest BCUT2D eigenvalue weighted by molar-refractivity contribution is -0.115. The summed E-state index contributed by atoms with van der Waals surface area (Å²) in [6, 6.07) is 3.32. The molecule has 1 aliphatic rings. The molecule has 2 N–H and O–H groups in total. The molecule has 0 aliphatic heterocycles. The van der Waals surface area contributed by atoms with Gasteiger partial charge in [0.2, 0.25) is 5.91 Å². The van der Waals surface area contributed by atoms with E-state index < -0.39 is 47.0 Å². The van der Waals surface area contributed by atoms with Crippen molar-refractivity contribution in [2.45, 2.75) is 45.1 Å². The highest BCUT2D eigenvalue weighted by molar-refractivity contribution is 5.98. The molecule has 1 saturated carbocycles. The third kappa shape index (κ3) is 4.18. The van der Waals surface area contributed by atoms with Crippen molar-refractivity contribution in [2.75, 3.05) is 11.9 Å². The van der Waals surface area contributed by atoms with Gasteiger partial charge in [0.1, 0.15) is 5.69 Å². The minimum absolute atomic E-state index is 0.321. The van der Waals surface area contributed by atoms with Crippen molar-refractivity contribution >= 4 is 17.5 Å². The highest BCUT2D eigenvalue weighted by atomic mass is 19.2. The van der Waals surface area contributed by atoms with Crippen molar-refractivity contribution in [3.63, 3.8) is 0 Å². The molecule has 9 heteroatoms. The Morgan fingerprint density at radius 3 is 2.46 bits per heavy atom. The summed E-state index contributed by atoms with van der Waals surface area (Å²) in [7, 11) is 0. The maximum Gasteiger partial charge on any atom is 0.270 e. The molecule has 0 saturated heterocycles. The molecular formula is C19H21F3N4O2. The number of halogens is 3. The van der Waals surface area contributed by atoms with E-state index in [2.05, 4.69) is 15.7 Å². The Labute approximate surface area is 160 Å². The molecule has 6 nitrogen and oxygen atoms in total. The average Bonchev–Trinajstić information content (AvgIpc) is 3.37. The third-order valence-corrected chi connectivity index (χ3v) is 4.31. The maximum atomic E-state index is 13.6. The zero-order valence-electron chi connectivity index (χ0n) is 15.8. The number of hydrogen-bond donors (Lipinski definition) is 2. The number of nitrogens with zero attached hydrogens (tertiary/aromatic N) is 2. The van der Waals surface area contributed by atoms with Gasteiger partial charge >= 0.3 is 0 Å². The van der Waals surface area contributed by atoms with Crippen LogP contribution in [0.25, 0.3) is 0 Å². The number of rotatable bonds is 5. The first-order valence-electron chi connectivity index (χ1n) is 8.90. The average molecular weight is 394 g/mol. The summed E-state index contributed by atoms with van der Waals surface area (Å²) < 4.78 is 41.4. The van der Waals surface area contributed by atoms with Gasteiger partial charge in [-0.1, -0.05) is 0 Å². The predicted octanol–water partition coefficient (Wildman–Crippen LogP) is 3.30. The molecule has 3 rings (SSSR count).